The fourth-order valence-electron chi connectivity index (χ4n) is 4.71. The number of fused-ring (bicyclic) bond motifs is 1. The van der Waals surface area contributed by atoms with E-state index in [0.717, 1.165) is 17.4 Å². The van der Waals surface area contributed by atoms with E-state index >= 15 is 0 Å². The third-order valence-corrected chi connectivity index (χ3v) is 7.74. The Balaban J connectivity index is 1.61. The number of ether oxygens (including phenoxy) is 1. The van der Waals surface area contributed by atoms with E-state index < -0.39 is 34.8 Å². The Kier molecular flexibility index (Phi) is 8.85. The third-order valence-electron chi connectivity index (χ3n) is 6.63. The number of sulfone groups is 1. The molecule has 1 aliphatic rings. The largest absolute Gasteiger partial charge is 0.492 e. The maximum atomic E-state index is 14.7. The number of likely N-dealkylation sites (tertiary alicyclic amines) is 1. The van der Waals surface area contributed by atoms with Crippen LogP contribution in [0.15, 0.2) is 47.4 Å². The van der Waals surface area contributed by atoms with Gasteiger partial charge in [0.05, 0.1) is 41.0 Å². The average Bonchev–Trinajstić information content (AvgIpc) is 3.20. The Morgan fingerprint density at radius 1 is 1.15 bits per heavy atom. The molecule has 4 rings (SSSR count). The maximum absolute atomic E-state index is 14.7. The summed E-state index contributed by atoms with van der Waals surface area (Å²) < 4.78 is 85.7. The number of piperidine rings is 1. The summed E-state index contributed by atoms with van der Waals surface area (Å²) in [5.74, 6) is 6.02. The quantitative estimate of drug-likeness (QED) is 0.291. The van der Waals surface area contributed by atoms with E-state index in [1.54, 1.807) is 37.3 Å². The van der Waals surface area contributed by atoms with Gasteiger partial charge in [-0.3, -0.25) is 0 Å². The number of hydrogen-bond donors (Lipinski definition) is 2. The van der Waals surface area contributed by atoms with Crippen LogP contribution < -0.4 is 15.4 Å². The van der Waals surface area contributed by atoms with Gasteiger partial charge in [0, 0.05) is 36.5 Å². The summed E-state index contributed by atoms with van der Waals surface area (Å²) in [5, 5.41) is 6.78. The summed E-state index contributed by atoms with van der Waals surface area (Å²) in [6.07, 6.45) is -3.91. The first-order valence-electron chi connectivity index (χ1n) is 12.8. The zero-order valence-corrected chi connectivity index (χ0v) is 23.3. The van der Waals surface area contributed by atoms with Crippen LogP contribution in [0.5, 0.6) is 5.75 Å². The van der Waals surface area contributed by atoms with E-state index in [9.17, 15) is 26.0 Å². The monoisotopic (exact) mass is 580 g/mol. The van der Waals surface area contributed by atoms with Crippen LogP contribution in [0.25, 0.3) is 10.9 Å². The van der Waals surface area contributed by atoms with Gasteiger partial charge in [-0.25, -0.2) is 12.8 Å². The molecule has 3 aromatic rings. The molecule has 0 spiro atoms. The van der Waals surface area contributed by atoms with Gasteiger partial charge in [-0.15, -0.1) is 0 Å². The molecule has 0 saturated carbocycles. The fraction of sp³-hybridized carbons (Fsp3) is 0.429. The molecule has 216 valence electrons. The van der Waals surface area contributed by atoms with Gasteiger partial charge in [-0.2, -0.15) is 13.2 Å². The molecular formula is C28H32F4N4O3S. The highest BCUT2D eigenvalue weighted by Gasteiger charge is 2.31. The molecular weight excluding hydrogens is 548 g/mol. The Hall–Kier alpha value is -3.43. The molecule has 7 nitrogen and oxygen atoms in total. The molecule has 1 aliphatic heterocycles. The van der Waals surface area contributed by atoms with E-state index in [2.05, 4.69) is 22.5 Å². The van der Waals surface area contributed by atoms with Gasteiger partial charge in [0.25, 0.3) is 0 Å². The van der Waals surface area contributed by atoms with Crippen LogP contribution in [-0.2, 0) is 16.4 Å². The van der Waals surface area contributed by atoms with Crippen LogP contribution in [0, 0.1) is 11.8 Å². The molecule has 0 radical (unpaired) electrons. The van der Waals surface area contributed by atoms with E-state index in [0.29, 0.717) is 41.1 Å². The van der Waals surface area contributed by atoms with Gasteiger partial charge >= 0.3 is 6.18 Å². The number of nitrogens with one attached hydrogen (secondary N) is 2. The number of hydrogen-bond acceptors (Lipinski definition) is 6. The lowest BCUT2D eigenvalue weighted by Crippen LogP contribution is -2.46. The van der Waals surface area contributed by atoms with Gasteiger partial charge < -0.3 is 24.8 Å². The lowest BCUT2D eigenvalue weighted by molar-refractivity contribution is -0.140. The predicted octanol–water partition coefficient (Wildman–Crippen LogP) is 4.92. The zero-order valence-electron chi connectivity index (χ0n) is 22.5. The van der Waals surface area contributed by atoms with Gasteiger partial charge in [0.2, 0.25) is 0 Å². The van der Waals surface area contributed by atoms with Crippen molar-refractivity contribution in [1.82, 2.24) is 9.47 Å². The number of nitrogens with zero attached hydrogens (tertiary/aromatic N) is 2. The average molecular weight is 581 g/mol. The van der Waals surface area contributed by atoms with Crippen molar-refractivity contribution < 1.29 is 30.7 Å². The molecule has 0 amide bonds. The second kappa shape index (κ2) is 12.0. The Labute approximate surface area is 231 Å². The van der Waals surface area contributed by atoms with Crippen LogP contribution in [0.3, 0.4) is 0 Å². The molecule has 2 aromatic carbocycles. The first-order valence-corrected chi connectivity index (χ1v) is 14.7. The summed E-state index contributed by atoms with van der Waals surface area (Å²) in [6.45, 7) is 1.92. The third kappa shape index (κ3) is 7.20. The van der Waals surface area contributed by atoms with Gasteiger partial charge in [0.1, 0.15) is 18.5 Å². The topological polar surface area (TPSA) is 75.6 Å². The molecule has 0 aliphatic carbocycles. The van der Waals surface area contributed by atoms with Crippen molar-refractivity contribution in [2.45, 2.75) is 43.2 Å². The van der Waals surface area contributed by atoms with E-state index in [1.807, 2.05) is 11.9 Å². The van der Waals surface area contributed by atoms with Crippen molar-refractivity contribution in [1.29, 1.82) is 0 Å². The van der Waals surface area contributed by atoms with Crippen molar-refractivity contribution in [3.8, 4) is 17.6 Å². The van der Waals surface area contributed by atoms with Crippen LogP contribution in [0.4, 0.5) is 28.9 Å². The van der Waals surface area contributed by atoms with Crippen molar-refractivity contribution in [2.75, 3.05) is 50.2 Å². The standard InChI is InChI=1S/C28H32F4N4O3S/c1-4-39-27-16-20(40(3,37)38)10-11-25(27)33-13-6-7-19-15-21-23(34-24-12-14-35(2)17-22(24)29)8-5-9-26(21)36(19)18-28(30,31)32/h5,8-11,15-16,22,24,33-34H,4,12-14,17-18H2,1-3H3/t22-,24+/m1/s1. The molecule has 0 bridgehead atoms. The minimum absolute atomic E-state index is 0.0655. The first kappa shape index (κ1) is 29.6. The fourth-order valence-corrected chi connectivity index (χ4v) is 5.35. The van der Waals surface area contributed by atoms with Crippen LogP contribution in [0.2, 0.25) is 0 Å². The second-order valence-electron chi connectivity index (χ2n) is 9.81. The van der Waals surface area contributed by atoms with Crippen LogP contribution in [-0.4, -0.2) is 75.8 Å². The minimum Gasteiger partial charge on any atom is -0.492 e. The highest BCUT2D eigenvalue weighted by molar-refractivity contribution is 7.90. The van der Waals surface area contributed by atoms with Gasteiger partial charge in [0.15, 0.2) is 9.84 Å². The van der Waals surface area contributed by atoms with E-state index in [4.69, 9.17) is 4.74 Å². The summed E-state index contributed by atoms with van der Waals surface area (Å²) in [4.78, 5) is 2.01. The van der Waals surface area contributed by atoms with Crippen molar-refractivity contribution >= 4 is 32.1 Å². The normalized spacial score (nSPS) is 18.3. The predicted molar refractivity (Wildman–Crippen MR) is 149 cm³/mol. The molecule has 1 fully saturated rings. The smallest absolute Gasteiger partial charge is 0.406 e. The summed E-state index contributed by atoms with van der Waals surface area (Å²) in [5.41, 5.74) is 1.58. The number of halogens is 4. The molecule has 2 atom stereocenters. The number of anilines is 2. The molecule has 2 N–H and O–H groups in total. The minimum atomic E-state index is -4.48. The summed E-state index contributed by atoms with van der Waals surface area (Å²) in [7, 11) is -1.58. The van der Waals surface area contributed by atoms with Crippen molar-refractivity contribution in [3.05, 3.63) is 48.2 Å². The second-order valence-corrected chi connectivity index (χ2v) is 11.8. The molecule has 2 heterocycles. The molecule has 1 aromatic heterocycles. The van der Waals surface area contributed by atoms with E-state index in [1.165, 1.54) is 12.1 Å². The highest BCUT2D eigenvalue weighted by atomic mass is 32.2. The lowest BCUT2D eigenvalue weighted by Gasteiger charge is -2.33. The number of alkyl halides is 4. The number of rotatable bonds is 8. The SMILES string of the molecule is CCOc1cc(S(C)(=O)=O)ccc1NCC#Cc1cc2c(N[C@H]3CCN(C)C[C@H]3F)cccc2n1CC(F)(F)F. The zero-order chi connectivity index (χ0) is 29.1. The number of benzene rings is 2. The molecule has 1 saturated heterocycles. The Bertz CT molecular complexity index is 1530. The molecule has 40 heavy (non-hydrogen) atoms. The van der Waals surface area contributed by atoms with Gasteiger partial charge in [-0.1, -0.05) is 12.0 Å². The Morgan fingerprint density at radius 2 is 1.93 bits per heavy atom. The number of aromatic nitrogens is 1. The first-order chi connectivity index (χ1) is 18.9. The lowest BCUT2D eigenvalue weighted by atomic mass is 10.0. The van der Waals surface area contributed by atoms with Crippen LogP contribution >= 0.6 is 0 Å². The Morgan fingerprint density at radius 3 is 2.60 bits per heavy atom. The van der Waals surface area contributed by atoms with Crippen molar-refractivity contribution in [2.24, 2.45) is 0 Å². The summed E-state index contributed by atoms with van der Waals surface area (Å²) >= 11 is 0. The summed E-state index contributed by atoms with van der Waals surface area (Å²) in [6, 6.07) is 10.5. The molecule has 0 unspecified atom stereocenters. The van der Waals surface area contributed by atoms with Crippen LogP contribution in [0.1, 0.15) is 19.0 Å². The maximum Gasteiger partial charge on any atom is 0.406 e. The van der Waals surface area contributed by atoms with E-state index in [-0.39, 0.29) is 23.7 Å². The molecule has 12 heteroatoms. The van der Waals surface area contributed by atoms with Gasteiger partial charge in [-0.05, 0) is 56.6 Å². The highest BCUT2D eigenvalue weighted by Crippen LogP contribution is 2.32. The van der Waals surface area contributed by atoms with Crippen molar-refractivity contribution in [3.63, 3.8) is 0 Å².